The van der Waals surface area contributed by atoms with Crippen LogP contribution in [0.1, 0.15) is 6.92 Å². The number of halogens is 2. The topological polar surface area (TPSA) is 102 Å². The number of amides is 1. The number of nitriles is 1. The molecule has 1 amide bonds. The third kappa shape index (κ3) is 4.99. The summed E-state index contributed by atoms with van der Waals surface area (Å²) in [5.74, 6) is -2.00. The van der Waals surface area contributed by atoms with Crippen molar-refractivity contribution in [2.45, 2.75) is 13.0 Å². The molecule has 1 atom stereocenters. The number of carbonyl (C=O) groups excluding carboxylic acids is 1. The Labute approximate surface area is 131 Å². The molecule has 6 nitrogen and oxygen atoms in total. The van der Waals surface area contributed by atoms with E-state index in [0.29, 0.717) is 15.7 Å². The fourth-order valence-corrected chi connectivity index (χ4v) is 1.70. The average Bonchev–Trinajstić information content (AvgIpc) is 2.41. The van der Waals surface area contributed by atoms with Gasteiger partial charge in [0.1, 0.15) is 17.7 Å². The largest absolute Gasteiger partial charge is 0.480 e. The molecule has 0 aliphatic heterocycles. The molecule has 0 aliphatic rings. The molecule has 0 aliphatic carbocycles. The monoisotopic (exact) mass is 327 g/mol. The van der Waals surface area contributed by atoms with E-state index in [1.54, 1.807) is 18.2 Å². The van der Waals surface area contributed by atoms with Gasteiger partial charge in [-0.15, -0.1) is 0 Å². The highest BCUT2D eigenvalue weighted by molar-refractivity contribution is 6.36. The van der Waals surface area contributed by atoms with Crippen LogP contribution in [0.15, 0.2) is 30.0 Å². The SMILES string of the molecule is CC(NC(=O)/C(C#N)=C\Nc1ccc(Cl)cc1Cl)C(=O)O. The predicted octanol–water partition coefficient (Wildman–Crippen LogP) is 2.40. The molecule has 0 saturated carbocycles. The number of carboxylic acid groups (broad SMARTS) is 1. The van der Waals surface area contributed by atoms with Gasteiger partial charge in [0.2, 0.25) is 0 Å². The van der Waals surface area contributed by atoms with Gasteiger partial charge >= 0.3 is 5.97 Å². The zero-order chi connectivity index (χ0) is 16.0. The van der Waals surface area contributed by atoms with Crippen LogP contribution in [0.3, 0.4) is 0 Å². The Kier molecular flexibility index (Phi) is 6.03. The minimum Gasteiger partial charge on any atom is -0.480 e. The maximum absolute atomic E-state index is 11.7. The first-order valence-electron chi connectivity index (χ1n) is 5.70. The van der Waals surface area contributed by atoms with E-state index < -0.39 is 17.9 Å². The van der Waals surface area contributed by atoms with Crippen molar-refractivity contribution in [3.05, 3.63) is 40.0 Å². The van der Waals surface area contributed by atoms with Crippen molar-refractivity contribution in [1.82, 2.24) is 5.32 Å². The number of nitrogens with zero attached hydrogens (tertiary/aromatic N) is 1. The maximum Gasteiger partial charge on any atom is 0.325 e. The lowest BCUT2D eigenvalue weighted by Crippen LogP contribution is -2.39. The lowest BCUT2D eigenvalue weighted by molar-refractivity contribution is -0.140. The Hall–Kier alpha value is -2.23. The summed E-state index contributed by atoms with van der Waals surface area (Å²) in [5.41, 5.74) is 0.169. The summed E-state index contributed by atoms with van der Waals surface area (Å²) in [6.07, 6.45) is 1.14. The van der Waals surface area contributed by atoms with Crippen LogP contribution < -0.4 is 10.6 Å². The molecule has 1 unspecified atom stereocenters. The van der Waals surface area contributed by atoms with Crippen LogP contribution in [0.4, 0.5) is 5.69 Å². The molecule has 1 rings (SSSR count). The van der Waals surface area contributed by atoms with Gasteiger partial charge < -0.3 is 15.7 Å². The summed E-state index contributed by atoms with van der Waals surface area (Å²) in [4.78, 5) is 22.3. The minimum absolute atomic E-state index is 0.283. The number of carboxylic acids is 1. The molecule has 0 heterocycles. The smallest absolute Gasteiger partial charge is 0.325 e. The number of nitrogens with one attached hydrogen (secondary N) is 2. The van der Waals surface area contributed by atoms with Crippen molar-refractivity contribution >= 4 is 40.8 Å². The number of aliphatic carboxylic acids is 1. The molecule has 110 valence electrons. The molecule has 0 saturated heterocycles. The van der Waals surface area contributed by atoms with E-state index in [1.807, 2.05) is 0 Å². The summed E-state index contributed by atoms with van der Waals surface area (Å²) in [5, 5.41) is 23.2. The summed E-state index contributed by atoms with van der Waals surface area (Å²) in [6.45, 7) is 1.29. The minimum atomic E-state index is -1.20. The first kappa shape index (κ1) is 16.8. The molecule has 1 aromatic carbocycles. The van der Waals surface area contributed by atoms with Gasteiger partial charge in [-0.25, -0.2) is 0 Å². The van der Waals surface area contributed by atoms with E-state index in [9.17, 15) is 9.59 Å². The van der Waals surface area contributed by atoms with E-state index in [1.165, 1.54) is 13.0 Å². The van der Waals surface area contributed by atoms with Gasteiger partial charge in [0.25, 0.3) is 5.91 Å². The van der Waals surface area contributed by atoms with E-state index in [4.69, 9.17) is 33.6 Å². The molecule has 0 bridgehead atoms. The lowest BCUT2D eigenvalue weighted by Gasteiger charge is -2.09. The number of anilines is 1. The van der Waals surface area contributed by atoms with Crippen LogP contribution in [-0.2, 0) is 9.59 Å². The summed E-state index contributed by atoms with van der Waals surface area (Å²) in [7, 11) is 0. The van der Waals surface area contributed by atoms with Crippen molar-refractivity contribution < 1.29 is 14.7 Å². The Morgan fingerprint density at radius 3 is 2.62 bits per heavy atom. The van der Waals surface area contributed by atoms with Crippen LogP contribution in [0.5, 0.6) is 0 Å². The van der Waals surface area contributed by atoms with Gasteiger partial charge in [0.15, 0.2) is 0 Å². The van der Waals surface area contributed by atoms with E-state index >= 15 is 0 Å². The van der Waals surface area contributed by atoms with Gasteiger partial charge in [-0.3, -0.25) is 9.59 Å². The summed E-state index contributed by atoms with van der Waals surface area (Å²) < 4.78 is 0. The molecule has 8 heteroatoms. The average molecular weight is 328 g/mol. The maximum atomic E-state index is 11.7. The Bertz CT molecular complexity index is 638. The van der Waals surface area contributed by atoms with Gasteiger partial charge in [0.05, 0.1) is 10.7 Å². The zero-order valence-electron chi connectivity index (χ0n) is 10.9. The second-order valence-electron chi connectivity index (χ2n) is 3.97. The van der Waals surface area contributed by atoms with Gasteiger partial charge in [-0.05, 0) is 25.1 Å². The van der Waals surface area contributed by atoms with Crippen molar-refractivity contribution in [2.75, 3.05) is 5.32 Å². The molecule has 1 aromatic rings. The highest BCUT2D eigenvalue weighted by Gasteiger charge is 2.17. The third-order valence-corrected chi connectivity index (χ3v) is 2.93. The second kappa shape index (κ2) is 7.53. The van der Waals surface area contributed by atoms with Gasteiger partial charge in [-0.1, -0.05) is 23.2 Å². The Morgan fingerprint density at radius 2 is 2.10 bits per heavy atom. The Balaban J connectivity index is 2.83. The quantitative estimate of drug-likeness (QED) is 0.569. The van der Waals surface area contributed by atoms with Crippen LogP contribution in [0.2, 0.25) is 10.0 Å². The summed E-state index contributed by atoms with van der Waals surface area (Å²) in [6, 6.07) is 5.23. The molecular formula is C13H11Cl2N3O3. The first-order chi connectivity index (χ1) is 9.85. The fourth-order valence-electron chi connectivity index (χ4n) is 1.24. The first-order valence-corrected chi connectivity index (χ1v) is 6.46. The number of carbonyl (C=O) groups is 2. The molecule has 0 spiro atoms. The third-order valence-electron chi connectivity index (χ3n) is 2.39. The fraction of sp³-hybridized carbons (Fsp3) is 0.154. The highest BCUT2D eigenvalue weighted by atomic mass is 35.5. The molecule has 21 heavy (non-hydrogen) atoms. The predicted molar refractivity (Wildman–Crippen MR) is 79.0 cm³/mol. The van der Waals surface area contributed by atoms with Crippen LogP contribution >= 0.6 is 23.2 Å². The molecule has 0 fully saturated rings. The second-order valence-corrected chi connectivity index (χ2v) is 4.82. The van der Waals surface area contributed by atoms with E-state index in [-0.39, 0.29) is 5.57 Å². The van der Waals surface area contributed by atoms with Crippen LogP contribution in [-0.4, -0.2) is 23.0 Å². The van der Waals surface area contributed by atoms with Gasteiger partial charge in [-0.2, -0.15) is 5.26 Å². The number of hydrogen-bond acceptors (Lipinski definition) is 4. The number of benzene rings is 1. The molecular weight excluding hydrogens is 317 g/mol. The highest BCUT2D eigenvalue weighted by Crippen LogP contribution is 2.25. The van der Waals surface area contributed by atoms with Crippen molar-refractivity contribution in [1.29, 1.82) is 5.26 Å². The summed E-state index contributed by atoms with van der Waals surface area (Å²) >= 11 is 11.7. The number of rotatable bonds is 5. The van der Waals surface area contributed by atoms with Crippen molar-refractivity contribution in [3.8, 4) is 6.07 Å². The van der Waals surface area contributed by atoms with E-state index in [2.05, 4.69) is 10.6 Å². The Morgan fingerprint density at radius 1 is 1.43 bits per heavy atom. The van der Waals surface area contributed by atoms with Crippen molar-refractivity contribution in [2.24, 2.45) is 0 Å². The lowest BCUT2D eigenvalue weighted by atomic mass is 10.2. The van der Waals surface area contributed by atoms with Gasteiger partial charge in [0, 0.05) is 11.2 Å². The molecule has 0 aromatic heterocycles. The van der Waals surface area contributed by atoms with E-state index in [0.717, 1.165) is 6.20 Å². The standard InChI is InChI=1S/C13H11Cl2N3O3/c1-7(13(20)21)18-12(19)8(5-16)6-17-11-3-2-9(14)4-10(11)15/h2-4,6-7,17H,1H3,(H,18,19)(H,20,21)/b8-6-. The normalized spacial score (nSPS) is 12.2. The molecule has 0 radical (unpaired) electrons. The van der Waals surface area contributed by atoms with Crippen LogP contribution in [0.25, 0.3) is 0 Å². The van der Waals surface area contributed by atoms with Crippen LogP contribution in [0, 0.1) is 11.3 Å². The zero-order valence-corrected chi connectivity index (χ0v) is 12.4. The number of hydrogen-bond donors (Lipinski definition) is 3. The van der Waals surface area contributed by atoms with Crippen molar-refractivity contribution in [3.63, 3.8) is 0 Å². The molecule has 3 N–H and O–H groups in total.